The number of rotatable bonds is 3. The van der Waals surface area contributed by atoms with Crippen LogP contribution in [0.1, 0.15) is 46.6 Å². The lowest BCUT2D eigenvalue weighted by Crippen LogP contribution is -2.47. The molecule has 1 aromatic carbocycles. The van der Waals surface area contributed by atoms with Crippen molar-refractivity contribution in [2.45, 2.75) is 38.0 Å². The van der Waals surface area contributed by atoms with Crippen LogP contribution < -0.4 is 9.47 Å². The summed E-state index contributed by atoms with van der Waals surface area (Å²) in [7, 11) is 3.16. The van der Waals surface area contributed by atoms with Crippen LogP contribution in [0.15, 0.2) is 22.7 Å². The molecule has 29 heavy (non-hydrogen) atoms. The maximum absolute atomic E-state index is 13.5. The number of H-pyrrole nitrogens is 1. The van der Waals surface area contributed by atoms with E-state index in [1.807, 2.05) is 30.2 Å². The Morgan fingerprint density at radius 3 is 2.93 bits per heavy atom. The summed E-state index contributed by atoms with van der Waals surface area (Å²) >= 11 is 0. The summed E-state index contributed by atoms with van der Waals surface area (Å²) in [4.78, 5) is 15.4. The van der Waals surface area contributed by atoms with Gasteiger partial charge in [-0.2, -0.15) is 5.10 Å². The fourth-order valence-electron chi connectivity index (χ4n) is 5.12. The number of nitrogens with zero attached hydrogens (tertiary/aromatic N) is 2. The molecule has 1 amide bonds. The number of hydrogen-bond donors (Lipinski definition) is 1. The number of aromatic nitrogens is 2. The fraction of sp³-hybridized carbons (Fsp3) is 0.455. The first-order valence-corrected chi connectivity index (χ1v) is 10.0. The maximum atomic E-state index is 13.5. The van der Waals surface area contributed by atoms with Gasteiger partial charge in [-0.3, -0.25) is 9.89 Å². The molecule has 5 rings (SSSR count). The Balaban J connectivity index is 1.51. The van der Waals surface area contributed by atoms with Gasteiger partial charge >= 0.3 is 0 Å². The zero-order valence-corrected chi connectivity index (χ0v) is 17.0. The van der Waals surface area contributed by atoms with Gasteiger partial charge in [0.2, 0.25) is 5.75 Å². The highest BCUT2D eigenvalue weighted by atomic mass is 16.5. The summed E-state index contributed by atoms with van der Waals surface area (Å²) in [5.41, 5.74) is 3.87. The number of carbonyl (C=O) groups is 1. The molecular formula is C22H25N3O4. The summed E-state index contributed by atoms with van der Waals surface area (Å²) in [5, 5.41) is 8.29. The van der Waals surface area contributed by atoms with Crippen LogP contribution >= 0.6 is 0 Å². The number of hydrogen-bond acceptors (Lipinski definition) is 5. The Bertz CT molecular complexity index is 1100. The molecular weight excluding hydrogens is 370 g/mol. The number of fused-ring (bicyclic) bond motifs is 3. The lowest BCUT2D eigenvalue weighted by Gasteiger charge is -2.40. The Morgan fingerprint density at radius 1 is 1.28 bits per heavy atom. The number of methoxy groups -OCH3 is 2. The number of benzene rings is 1. The molecule has 0 bridgehead atoms. The van der Waals surface area contributed by atoms with Gasteiger partial charge in [0.1, 0.15) is 0 Å². The predicted molar refractivity (Wildman–Crippen MR) is 108 cm³/mol. The average Bonchev–Trinajstić information content (AvgIpc) is 3.43. The fourth-order valence-corrected chi connectivity index (χ4v) is 5.12. The molecule has 1 saturated heterocycles. The van der Waals surface area contributed by atoms with Crippen LogP contribution in [-0.2, 0) is 11.8 Å². The molecule has 0 radical (unpaired) electrons. The van der Waals surface area contributed by atoms with Crippen molar-refractivity contribution in [3.63, 3.8) is 0 Å². The molecule has 2 aromatic heterocycles. The van der Waals surface area contributed by atoms with Gasteiger partial charge in [-0.05, 0) is 50.3 Å². The summed E-state index contributed by atoms with van der Waals surface area (Å²) in [6, 6.07) is 3.75. The van der Waals surface area contributed by atoms with Gasteiger partial charge in [-0.25, -0.2) is 0 Å². The number of amides is 1. The summed E-state index contributed by atoms with van der Waals surface area (Å²) in [5.74, 6) is 1.42. The van der Waals surface area contributed by atoms with Crippen molar-refractivity contribution in [3.05, 3.63) is 40.9 Å². The van der Waals surface area contributed by atoms with Crippen LogP contribution in [0.4, 0.5) is 0 Å². The van der Waals surface area contributed by atoms with Crippen LogP contribution in [-0.4, -0.2) is 48.3 Å². The normalized spacial score (nSPS) is 21.0. The molecule has 3 heterocycles. The molecule has 1 N–H and O–H groups in total. The summed E-state index contributed by atoms with van der Waals surface area (Å²) in [6.07, 6.45) is 6.06. The van der Waals surface area contributed by atoms with E-state index < -0.39 is 0 Å². The molecule has 1 fully saturated rings. The van der Waals surface area contributed by atoms with E-state index in [0.717, 1.165) is 43.2 Å². The topological polar surface area (TPSA) is 80.6 Å². The number of aromatic amines is 1. The highest BCUT2D eigenvalue weighted by molar-refractivity contribution is 6.01. The zero-order chi connectivity index (χ0) is 20.2. The Labute approximate surface area is 169 Å². The average molecular weight is 395 g/mol. The molecule has 0 saturated carbocycles. The van der Waals surface area contributed by atoms with Crippen LogP contribution in [0.25, 0.3) is 11.0 Å². The van der Waals surface area contributed by atoms with Crippen LogP contribution in [0, 0.1) is 6.92 Å². The van der Waals surface area contributed by atoms with E-state index in [2.05, 4.69) is 10.2 Å². The van der Waals surface area contributed by atoms with Crippen LogP contribution in [0.5, 0.6) is 11.5 Å². The third-order valence-electron chi connectivity index (χ3n) is 6.63. The minimum absolute atomic E-state index is 0.0133. The zero-order valence-electron chi connectivity index (χ0n) is 17.0. The number of piperidine rings is 1. The van der Waals surface area contributed by atoms with Crippen molar-refractivity contribution in [2.75, 3.05) is 27.3 Å². The quantitative estimate of drug-likeness (QED) is 0.733. The molecule has 1 aliphatic carbocycles. The molecule has 7 nitrogen and oxygen atoms in total. The third-order valence-corrected chi connectivity index (χ3v) is 6.63. The number of carbonyl (C=O) groups excluding carboxylic acids is 1. The van der Waals surface area contributed by atoms with Gasteiger partial charge in [0, 0.05) is 35.1 Å². The first kappa shape index (κ1) is 18.1. The summed E-state index contributed by atoms with van der Waals surface area (Å²) in [6.45, 7) is 3.35. The van der Waals surface area contributed by atoms with Crippen molar-refractivity contribution in [1.29, 1.82) is 0 Å². The Morgan fingerprint density at radius 2 is 2.14 bits per heavy atom. The van der Waals surface area contributed by atoms with Crippen LogP contribution in [0.3, 0.4) is 0 Å². The lowest BCUT2D eigenvalue weighted by molar-refractivity contribution is 0.0602. The second kappa shape index (κ2) is 6.54. The maximum Gasteiger partial charge on any atom is 0.289 e. The molecule has 1 unspecified atom stereocenters. The molecule has 7 heteroatoms. The van der Waals surface area contributed by atoms with E-state index in [9.17, 15) is 4.79 Å². The predicted octanol–water partition coefficient (Wildman–Crippen LogP) is 3.60. The Hall–Kier alpha value is -2.96. The van der Waals surface area contributed by atoms with Gasteiger partial charge in [0.25, 0.3) is 5.91 Å². The highest BCUT2D eigenvalue weighted by Gasteiger charge is 2.45. The van der Waals surface area contributed by atoms with Crippen molar-refractivity contribution in [1.82, 2.24) is 15.1 Å². The monoisotopic (exact) mass is 395 g/mol. The third kappa shape index (κ3) is 2.56. The number of ether oxygens (including phenoxy) is 2. The lowest BCUT2D eigenvalue weighted by atomic mass is 9.77. The first-order valence-electron chi connectivity index (χ1n) is 10.0. The minimum Gasteiger partial charge on any atom is -0.493 e. The minimum atomic E-state index is -0.0632. The van der Waals surface area contributed by atoms with E-state index >= 15 is 0 Å². The largest absolute Gasteiger partial charge is 0.493 e. The van der Waals surface area contributed by atoms with E-state index in [1.54, 1.807) is 14.2 Å². The van der Waals surface area contributed by atoms with E-state index in [4.69, 9.17) is 13.9 Å². The number of likely N-dealkylation sites (tertiary alicyclic amines) is 1. The van der Waals surface area contributed by atoms with Gasteiger partial charge < -0.3 is 18.8 Å². The summed E-state index contributed by atoms with van der Waals surface area (Å²) < 4.78 is 16.9. The van der Waals surface area contributed by atoms with Crippen molar-refractivity contribution < 1.29 is 18.7 Å². The second-order valence-electron chi connectivity index (χ2n) is 8.11. The first-order chi connectivity index (χ1) is 14.1. The van der Waals surface area contributed by atoms with E-state index in [0.29, 0.717) is 29.4 Å². The number of furan rings is 1. The van der Waals surface area contributed by atoms with Crippen molar-refractivity contribution in [2.24, 2.45) is 0 Å². The van der Waals surface area contributed by atoms with E-state index in [1.165, 1.54) is 11.3 Å². The smallest absolute Gasteiger partial charge is 0.289 e. The molecule has 152 valence electrons. The molecule has 1 spiro atoms. The highest BCUT2D eigenvalue weighted by Crippen LogP contribution is 2.45. The van der Waals surface area contributed by atoms with Gasteiger partial charge in [-0.1, -0.05) is 0 Å². The van der Waals surface area contributed by atoms with Crippen molar-refractivity contribution in [3.8, 4) is 11.5 Å². The van der Waals surface area contributed by atoms with Crippen molar-refractivity contribution >= 4 is 16.9 Å². The van der Waals surface area contributed by atoms with Gasteiger partial charge in [-0.15, -0.1) is 0 Å². The molecule has 2 aliphatic rings. The SMILES string of the molecule is COc1ccc2c(C)c(C(=O)N3CCCC4(CCc5cn[nH]c54)C3)oc2c1OC. The van der Waals surface area contributed by atoms with Gasteiger partial charge in [0.15, 0.2) is 17.1 Å². The number of aryl methyl sites for hydroxylation is 2. The molecule has 3 aromatic rings. The van der Waals surface area contributed by atoms with Gasteiger partial charge in [0.05, 0.1) is 20.4 Å². The molecule has 1 aliphatic heterocycles. The van der Waals surface area contributed by atoms with E-state index in [-0.39, 0.29) is 11.3 Å². The molecule has 1 atom stereocenters. The second-order valence-corrected chi connectivity index (χ2v) is 8.11. The standard InChI is InChI=1S/C22H25N3O4/c1-13-15-5-6-16(27-2)19(28-3)18(15)29-17(13)21(26)25-10-4-8-22(12-25)9-7-14-11-23-24-20(14)22/h5-6,11H,4,7-10,12H2,1-3H3,(H,23,24). The Kier molecular flexibility index (Phi) is 4.08. The van der Waals surface area contributed by atoms with Crippen LogP contribution in [0.2, 0.25) is 0 Å². The number of nitrogens with one attached hydrogen (secondary N) is 1.